The van der Waals surface area contributed by atoms with Crippen molar-refractivity contribution in [2.45, 2.75) is 20.3 Å². The number of hydrazone groups is 1. The molecule has 1 heterocycles. The Morgan fingerprint density at radius 3 is 2.30 bits per heavy atom. The maximum absolute atomic E-state index is 12.6. The Labute approximate surface area is 158 Å². The Kier molecular flexibility index (Phi) is 5.71. The smallest absolute Gasteiger partial charge is 0.340 e. The molecule has 0 aliphatic rings. The van der Waals surface area contributed by atoms with Crippen LogP contribution in [-0.2, 0) is 11.2 Å². The van der Waals surface area contributed by atoms with Gasteiger partial charge in [-0.1, -0.05) is 60.7 Å². The van der Waals surface area contributed by atoms with Gasteiger partial charge in [-0.15, -0.1) is 0 Å². The Bertz CT molecular complexity index is 944. The van der Waals surface area contributed by atoms with Crippen molar-refractivity contribution in [2.24, 2.45) is 10.9 Å². The van der Waals surface area contributed by atoms with E-state index in [0.29, 0.717) is 24.3 Å². The molecule has 0 saturated heterocycles. The molecule has 0 unspecified atom stereocenters. The SMILES string of the molecule is CCOC(=O)c1c(C)[nH]c(-c2ccccc2)c1C/C(=N/N)c1ccccc1. The minimum absolute atomic E-state index is 0.320. The van der Waals surface area contributed by atoms with E-state index < -0.39 is 0 Å². The number of ether oxygens (including phenoxy) is 1. The second-order valence-electron chi connectivity index (χ2n) is 6.18. The summed E-state index contributed by atoms with van der Waals surface area (Å²) in [5, 5.41) is 3.99. The van der Waals surface area contributed by atoms with Crippen molar-refractivity contribution in [3.05, 3.63) is 83.0 Å². The first kappa shape index (κ1) is 18.5. The lowest BCUT2D eigenvalue weighted by Gasteiger charge is -2.10. The van der Waals surface area contributed by atoms with Gasteiger partial charge in [-0.3, -0.25) is 0 Å². The van der Waals surface area contributed by atoms with Crippen molar-refractivity contribution in [3.63, 3.8) is 0 Å². The molecule has 0 fully saturated rings. The topological polar surface area (TPSA) is 80.5 Å². The van der Waals surface area contributed by atoms with E-state index in [0.717, 1.165) is 28.1 Å². The van der Waals surface area contributed by atoms with Crippen LogP contribution < -0.4 is 5.84 Å². The van der Waals surface area contributed by atoms with Crippen LogP contribution in [0.4, 0.5) is 0 Å². The number of nitrogens with one attached hydrogen (secondary N) is 1. The van der Waals surface area contributed by atoms with E-state index in [1.807, 2.05) is 67.6 Å². The Balaban J connectivity index is 2.12. The van der Waals surface area contributed by atoms with Gasteiger partial charge in [-0.2, -0.15) is 5.10 Å². The standard InChI is InChI=1S/C22H23N3O2/c1-3-27-22(26)20-15(2)24-21(17-12-8-5-9-13-17)18(20)14-19(25-23)16-10-6-4-7-11-16/h4-13,24H,3,14,23H2,1-2H3/b25-19-. The summed E-state index contributed by atoms with van der Waals surface area (Å²) < 4.78 is 5.29. The number of carbonyl (C=O) groups is 1. The van der Waals surface area contributed by atoms with Gasteiger partial charge in [-0.05, 0) is 30.5 Å². The number of aromatic amines is 1. The Morgan fingerprint density at radius 2 is 1.70 bits per heavy atom. The Morgan fingerprint density at radius 1 is 1.07 bits per heavy atom. The molecule has 0 aliphatic heterocycles. The summed E-state index contributed by atoms with van der Waals surface area (Å²) >= 11 is 0. The molecule has 0 aliphatic carbocycles. The van der Waals surface area contributed by atoms with Gasteiger partial charge in [0.1, 0.15) is 0 Å². The number of benzene rings is 2. The van der Waals surface area contributed by atoms with Gasteiger partial charge in [0, 0.05) is 12.1 Å². The first-order valence-corrected chi connectivity index (χ1v) is 8.91. The molecule has 138 valence electrons. The minimum Gasteiger partial charge on any atom is -0.462 e. The van der Waals surface area contributed by atoms with Gasteiger partial charge in [0.05, 0.1) is 23.6 Å². The number of hydrogen-bond acceptors (Lipinski definition) is 4. The highest BCUT2D eigenvalue weighted by atomic mass is 16.5. The predicted octanol–water partition coefficient (Wildman–Crippen LogP) is 4.07. The number of nitrogens with two attached hydrogens (primary N) is 1. The average Bonchev–Trinajstić information content (AvgIpc) is 3.03. The van der Waals surface area contributed by atoms with Crippen LogP contribution in [0.5, 0.6) is 0 Å². The van der Waals surface area contributed by atoms with Crippen LogP contribution in [0.3, 0.4) is 0 Å². The molecule has 5 heteroatoms. The van der Waals surface area contributed by atoms with Gasteiger partial charge >= 0.3 is 5.97 Å². The fraction of sp³-hybridized carbons (Fsp3) is 0.182. The van der Waals surface area contributed by atoms with Gasteiger partial charge in [0.15, 0.2) is 0 Å². The normalized spacial score (nSPS) is 11.4. The summed E-state index contributed by atoms with van der Waals surface area (Å²) in [4.78, 5) is 16.0. The lowest BCUT2D eigenvalue weighted by atomic mass is 9.96. The van der Waals surface area contributed by atoms with E-state index in [9.17, 15) is 4.79 Å². The quantitative estimate of drug-likeness (QED) is 0.300. The molecule has 2 aromatic carbocycles. The zero-order chi connectivity index (χ0) is 19.2. The second-order valence-corrected chi connectivity index (χ2v) is 6.18. The zero-order valence-electron chi connectivity index (χ0n) is 15.5. The van der Waals surface area contributed by atoms with Crippen LogP contribution in [0.15, 0.2) is 65.8 Å². The molecule has 0 atom stereocenters. The third-order valence-corrected chi connectivity index (χ3v) is 4.44. The lowest BCUT2D eigenvalue weighted by molar-refractivity contribution is 0.0525. The summed E-state index contributed by atoms with van der Waals surface area (Å²) in [6.45, 7) is 4.00. The molecule has 5 nitrogen and oxygen atoms in total. The molecule has 27 heavy (non-hydrogen) atoms. The third kappa shape index (κ3) is 3.92. The summed E-state index contributed by atoms with van der Waals surface area (Å²) in [6, 6.07) is 19.6. The van der Waals surface area contributed by atoms with Crippen molar-refractivity contribution in [3.8, 4) is 11.3 Å². The first-order valence-electron chi connectivity index (χ1n) is 8.91. The van der Waals surface area contributed by atoms with Crippen LogP contribution in [0.1, 0.15) is 34.1 Å². The molecular weight excluding hydrogens is 338 g/mol. The molecule has 0 radical (unpaired) electrons. The number of rotatable bonds is 6. The maximum Gasteiger partial charge on any atom is 0.340 e. The van der Waals surface area contributed by atoms with Crippen molar-refractivity contribution in [2.75, 3.05) is 6.61 Å². The van der Waals surface area contributed by atoms with Gasteiger partial charge in [0.25, 0.3) is 0 Å². The van der Waals surface area contributed by atoms with Crippen LogP contribution in [0.2, 0.25) is 0 Å². The lowest BCUT2D eigenvalue weighted by Crippen LogP contribution is -2.13. The summed E-state index contributed by atoms with van der Waals surface area (Å²) in [6.07, 6.45) is 0.420. The van der Waals surface area contributed by atoms with Crippen molar-refractivity contribution in [1.29, 1.82) is 0 Å². The molecule has 1 aromatic heterocycles. The number of H-pyrrole nitrogens is 1. The van der Waals surface area contributed by atoms with Crippen molar-refractivity contribution < 1.29 is 9.53 Å². The predicted molar refractivity (Wildman–Crippen MR) is 108 cm³/mol. The molecule has 0 saturated carbocycles. The molecule has 3 aromatic rings. The highest BCUT2D eigenvalue weighted by Crippen LogP contribution is 2.30. The molecular formula is C22H23N3O2. The van der Waals surface area contributed by atoms with Crippen LogP contribution in [-0.4, -0.2) is 23.3 Å². The van der Waals surface area contributed by atoms with Crippen molar-refractivity contribution >= 4 is 11.7 Å². The highest BCUT2D eigenvalue weighted by molar-refractivity contribution is 6.05. The number of carbonyl (C=O) groups excluding carboxylic acids is 1. The maximum atomic E-state index is 12.6. The van der Waals surface area contributed by atoms with Gasteiger partial charge in [0.2, 0.25) is 0 Å². The molecule has 3 rings (SSSR count). The summed E-state index contributed by atoms with van der Waals surface area (Å²) in [7, 11) is 0. The highest BCUT2D eigenvalue weighted by Gasteiger charge is 2.24. The fourth-order valence-electron chi connectivity index (χ4n) is 3.20. The average molecular weight is 361 g/mol. The number of aryl methyl sites for hydroxylation is 1. The third-order valence-electron chi connectivity index (χ3n) is 4.44. The molecule has 3 N–H and O–H groups in total. The monoisotopic (exact) mass is 361 g/mol. The first-order chi connectivity index (χ1) is 13.2. The van der Waals surface area contributed by atoms with Crippen LogP contribution in [0.25, 0.3) is 11.3 Å². The summed E-state index contributed by atoms with van der Waals surface area (Å²) in [5.41, 5.74) is 5.67. The van der Waals surface area contributed by atoms with Crippen LogP contribution in [0, 0.1) is 6.92 Å². The molecule has 0 bridgehead atoms. The summed E-state index contributed by atoms with van der Waals surface area (Å²) in [5.74, 6) is 5.35. The molecule has 0 amide bonds. The van der Waals surface area contributed by atoms with E-state index >= 15 is 0 Å². The van der Waals surface area contributed by atoms with E-state index in [-0.39, 0.29) is 5.97 Å². The van der Waals surface area contributed by atoms with E-state index in [1.54, 1.807) is 6.92 Å². The van der Waals surface area contributed by atoms with E-state index in [4.69, 9.17) is 10.6 Å². The van der Waals surface area contributed by atoms with E-state index in [2.05, 4.69) is 10.1 Å². The molecule has 0 spiro atoms. The van der Waals surface area contributed by atoms with Gasteiger partial charge in [-0.25, -0.2) is 4.79 Å². The minimum atomic E-state index is -0.340. The largest absolute Gasteiger partial charge is 0.462 e. The number of aromatic nitrogens is 1. The van der Waals surface area contributed by atoms with Gasteiger partial charge < -0.3 is 15.6 Å². The number of hydrogen-bond donors (Lipinski definition) is 2. The fourth-order valence-corrected chi connectivity index (χ4v) is 3.20. The number of nitrogens with zero attached hydrogens (tertiary/aromatic N) is 1. The number of esters is 1. The second kappa shape index (κ2) is 8.36. The zero-order valence-corrected chi connectivity index (χ0v) is 15.5. The Hall–Kier alpha value is -3.34. The van der Waals surface area contributed by atoms with Crippen LogP contribution >= 0.6 is 0 Å². The van der Waals surface area contributed by atoms with E-state index in [1.165, 1.54) is 0 Å². The van der Waals surface area contributed by atoms with Crippen molar-refractivity contribution in [1.82, 2.24) is 4.98 Å².